The highest BCUT2D eigenvalue weighted by atomic mass is 35.5. The van der Waals surface area contributed by atoms with E-state index in [2.05, 4.69) is 6.07 Å². The summed E-state index contributed by atoms with van der Waals surface area (Å²) in [4.78, 5) is 12.2. The topological polar surface area (TPSA) is 104 Å². The Kier molecular flexibility index (Phi) is 6.38. The maximum atomic E-state index is 12.2. The van der Waals surface area contributed by atoms with Crippen molar-refractivity contribution in [3.63, 3.8) is 0 Å². The summed E-state index contributed by atoms with van der Waals surface area (Å²) < 4.78 is 22.0. The Morgan fingerprint density at radius 2 is 1.82 bits per heavy atom. The summed E-state index contributed by atoms with van der Waals surface area (Å²) in [5, 5.41) is 10.3. The zero-order chi connectivity index (χ0) is 23.4. The van der Waals surface area contributed by atoms with E-state index < -0.39 is 11.9 Å². The van der Waals surface area contributed by atoms with Gasteiger partial charge in [0.05, 0.1) is 13.0 Å². The molecular weight excluding hydrogens is 444 g/mol. The molecule has 3 aromatic rings. The Balaban J connectivity index is 1.57. The van der Waals surface area contributed by atoms with Crippen molar-refractivity contribution in [1.82, 2.24) is 0 Å². The molecule has 166 valence electrons. The quantitative estimate of drug-likeness (QED) is 0.423. The van der Waals surface area contributed by atoms with Gasteiger partial charge >= 0.3 is 5.97 Å². The standard InChI is InChI=1S/C25H19ClN2O5/c1-30-21-5-3-2-4-18(21)24-19-11-10-17(12-22(19)33-25(28)20(24)13-27)32-23(29)14-31-16-8-6-15(26)7-9-16/h2-12,24H,14,28H2,1H3. The summed E-state index contributed by atoms with van der Waals surface area (Å²) in [6.07, 6.45) is 0. The van der Waals surface area contributed by atoms with Gasteiger partial charge in [-0.25, -0.2) is 4.79 Å². The maximum absolute atomic E-state index is 12.2. The summed E-state index contributed by atoms with van der Waals surface area (Å²) in [6, 6.07) is 21.1. The van der Waals surface area contributed by atoms with Crippen LogP contribution < -0.4 is 24.7 Å². The summed E-state index contributed by atoms with van der Waals surface area (Å²) in [7, 11) is 1.56. The molecule has 0 fully saturated rings. The van der Waals surface area contributed by atoms with Crippen LogP contribution in [0.15, 0.2) is 78.2 Å². The van der Waals surface area contributed by atoms with Gasteiger partial charge < -0.3 is 24.7 Å². The van der Waals surface area contributed by atoms with Gasteiger partial charge in [0, 0.05) is 22.2 Å². The molecule has 4 rings (SSSR count). The van der Waals surface area contributed by atoms with E-state index >= 15 is 0 Å². The highest BCUT2D eigenvalue weighted by Crippen LogP contribution is 2.45. The molecular formula is C25H19ClN2O5. The fourth-order valence-electron chi connectivity index (χ4n) is 3.56. The number of carbonyl (C=O) groups is 1. The zero-order valence-electron chi connectivity index (χ0n) is 17.6. The van der Waals surface area contributed by atoms with Crippen molar-refractivity contribution in [1.29, 1.82) is 5.26 Å². The van der Waals surface area contributed by atoms with Gasteiger partial charge in [0.2, 0.25) is 5.88 Å². The lowest BCUT2D eigenvalue weighted by Crippen LogP contribution is -2.22. The lowest BCUT2D eigenvalue weighted by atomic mass is 9.83. The molecule has 7 nitrogen and oxygen atoms in total. The van der Waals surface area contributed by atoms with E-state index in [1.807, 2.05) is 24.3 Å². The van der Waals surface area contributed by atoms with Crippen LogP contribution in [0.4, 0.5) is 0 Å². The average molecular weight is 463 g/mol. The molecule has 0 bridgehead atoms. The second-order valence-electron chi connectivity index (χ2n) is 7.08. The first kappa shape index (κ1) is 22.1. The number of halogens is 1. The first-order valence-electron chi connectivity index (χ1n) is 9.93. The lowest BCUT2D eigenvalue weighted by Gasteiger charge is -2.27. The van der Waals surface area contributed by atoms with Crippen LogP contribution in [0.25, 0.3) is 0 Å². The Hall–Kier alpha value is -4.15. The Bertz CT molecular complexity index is 1260. The van der Waals surface area contributed by atoms with Crippen LogP contribution >= 0.6 is 11.6 Å². The molecule has 0 spiro atoms. The van der Waals surface area contributed by atoms with Crippen LogP contribution in [0.2, 0.25) is 5.02 Å². The number of nitrogens with zero attached hydrogens (tertiary/aromatic N) is 1. The first-order chi connectivity index (χ1) is 16.0. The Labute approximate surface area is 195 Å². The number of hydrogen-bond donors (Lipinski definition) is 1. The highest BCUT2D eigenvalue weighted by molar-refractivity contribution is 6.30. The second-order valence-corrected chi connectivity index (χ2v) is 7.52. The summed E-state index contributed by atoms with van der Waals surface area (Å²) >= 11 is 5.84. The predicted molar refractivity (Wildman–Crippen MR) is 121 cm³/mol. The van der Waals surface area contributed by atoms with Gasteiger partial charge in [0.25, 0.3) is 0 Å². The largest absolute Gasteiger partial charge is 0.496 e. The number of methoxy groups -OCH3 is 1. The number of allylic oxidation sites excluding steroid dienone is 1. The van der Waals surface area contributed by atoms with Crippen LogP contribution in [0, 0.1) is 11.3 Å². The normalized spacial score (nSPS) is 14.5. The van der Waals surface area contributed by atoms with Crippen molar-refractivity contribution in [2.45, 2.75) is 5.92 Å². The van der Waals surface area contributed by atoms with E-state index in [0.29, 0.717) is 27.8 Å². The van der Waals surface area contributed by atoms with Crippen LogP contribution in [0.5, 0.6) is 23.0 Å². The van der Waals surface area contributed by atoms with Gasteiger partial charge in [-0.05, 0) is 36.4 Å². The number of esters is 1. The van der Waals surface area contributed by atoms with E-state index in [-0.39, 0.29) is 23.8 Å². The molecule has 1 unspecified atom stereocenters. The van der Waals surface area contributed by atoms with Gasteiger partial charge in [0.1, 0.15) is 34.6 Å². The summed E-state index contributed by atoms with van der Waals surface area (Å²) in [6.45, 7) is -0.288. The number of nitriles is 1. The van der Waals surface area contributed by atoms with Crippen molar-refractivity contribution < 1.29 is 23.7 Å². The van der Waals surface area contributed by atoms with Gasteiger partial charge in [-0.3, -0.25) is 0 Å². The van der Waals surface area contributed by atoms with Crippen molar-refractivity contribution in [3.05, 3.63) is 94.3 Å². The summed E-state index contributed by atoms with van der Waals surface area (Å²) in [5.74, 6) is 0.640. The average Bonchev–Trinajstić information content (AvgIpc) is 2.82. The van der Waals surface area contributed by atoms with Crippen LogP contribution in [-0.2, 0) is 4.79 Å². The number of fused-ring (bicyclic) bond motifs is 1. The van der Waals surface area contributed by atoms with E-state index in [0.717, 1.165) is 5.56 Å². The fourth-order valence-corrected chi connectivity index (χ4v) is 3.68. The third-order valence-corrected chi connectivity index (χ3v) is 5.29. The lowest BCUT2D eigenvalue weighted by molar-refractivity contribution is -0.136. The van der Waals surface area contributed by atoms with Crippen molar-refractivity contribution in [2.75, 3.05) is 13.7 Å². The second kappa shape index (κ2) is 9.55. The molecule has 0 saturated heterocycles. The van der Waals surface area contributed by atoms with E-state index in [1.165, 1.54) is 0 Å². The number of rotatable bonds is 6. The minimum atomic E-state index is -0.594. The van der Waals surface area contributed by atoms with Gasteiger partial charge in [-0.1, -0.05) is 35.9 Å². The van der Waals surface area contributed by atoms with Gasteiger partial charge in [-0.2, -0.15) is 5.26 Å². The molecule has 1 heterocycles. The highest BCUT2D eigenvalue weighted by Gasteiger charge is 2.32. The van der Waals surface area contributed by atoms with Crippen molar-refractivity contribution in [2.24, 2.45) is 5.73 Å². The van der Waals surface area contributed by atoms with E-state index in [1.54, 1.807) is 49.6 Å². The monoisotopic (exact) mass is 462 g/mol. The molecule has 1 aliphatic heterocycles. The van der Waals surface area contributed by atoms with Crippen molar-refractivity contribution in [3.8, 4) is 29.1 Å². The Morgan fingerprint density at radius 1 is 1.09 bits per heavy atom. The smallest absolute Gasteiger partial charge is 0.349 e. The van der Waals surface area contributed by atoms with Crippen LogP contribution in [0.3, 0.4) is 0 Å². The Morgan fingerprint density at radius 3 is 2.55 bits per heavy atom. The van der Waals surface area contributed by atoms with E-state index in [4.69, 9.17) is 36.3 Å². The minimum absolute atomic E-state index is 0.0181. The first-order valence-corrected chi connectivity index (χ1v) is 10.3. The minimum Gasteiger partial charge on any atom is -0.496 e. The summed E-state index contributed by atoms with van der Waals surface area (Å²) in [5.41, 5.74) is 7.79. The molecule has 8 heteroatoms. The SMILES string of the molecule is COc1ccccc1C1C(C#N)=C(N)Oc2cc(OC(=O)COc3ccc(Cl)cc3)ccc21. The molecule has 0 aliphatic carbocycles. The number of hydrogen-bond acceptors (Lipinski definition) is 7. The molecule has 3 aromatic carbocycles. The molecule has 33 heavy (non-hydrogen) atoms. The van der Waals surface area contributed by atoms with Crippen LogP contribution in [0.1, 0.15) is 17.0 Å². The van der Waals surface area contributed by atoms with Gasteiger partial charge in [-0.15, -0.1) is 0 Å². The third-order valence-electron chi connectivity index (χ3n) is 5.04. The third kappa shape index (κ3) is 4.71. The van der Waals surface area contributed by atoms with Gasteiger partial charge in [0.15, 0.2) is 6.61 Å². The molecule has 0 radical (unpaired) electrons. The maximum Gasteiger partial charge on any atom is 0.349 e. The number of nitrogens with two attached hydrogens (primary N) is 1. The molecule has 0 amide bonds. The fraction of sp³-hybridized carbons (Fsp3) is 0.120. The molecule has 0 aromatic heterocycles. The number of ether oxygens (including phenoxy) is 4. The number of carbonyl (C=O) groups excluding carboxylic acids is 1. The molecule has 0 saturated carbocycles. The molecule has 1 atom stereocenters. The molecule has 2 N–H and O–H groups in total. The van der Waals surface area contributed by atoms with Crippen LogP contribution in [-0.4, -0.2) is 19.7 Å². The zero-order valence-corrected chi connectivity index (χ0v) is 18.3. The predicted octanol–water partition coefficient (Wildman–Crippen LogP) is 4.55. The molecule has 1 aliphatic rings. The number of para-hydroxylation sites is 1. The van der Waals surface area contributed by atoms with E-state index in [9.17, 15) is 10.1 Å². The van der Waals surface area contributed by atoms with Crippen molar-refractivity contribution >= 4 is 17.6 Å². The number of benzene rings is 3.